The van der Waals surface area contributed by atoms with Gasteiger partial charge >= 0.3 is 0 Å². The minimum absolute atomic E-state index is 0.518. The molecular formula is C19H15N. The standard InChI is InChI=1S/C19H15N/c1-11-13-7-3-2-6-12(13)10-16-14-8-4-5-9-15(14)18-19(20-18)17(11)16/h2-10,18-20H,1H3/t18-,19+/m1/s1. The molecule has 2 aliphatic rings. The Kier molecular flexibility index (Phi) is 1.86. The highest BCUT2D eigenvalue weighted by Crippen LogP contribution is 2.55. The van der Waals surface area contributed by atoms with Crippen molar-refractivity contribution in [1.29, 1.82) is 0 Å². The lowest BCUT2D eigenvalue weighted by Gasteiger charge is -2.21. The first kappa shape index (κ1) is 10.6. The van der Waals surface area contributed by atoms with Crippen molar-refractivity contribution in [2.45, 2.75) is 19.0 Å². The first-order chi connectivity index (χ1) is 9.84. The van der Waals surface area contributed by atoms with E-state index < -0.39 is 0 Å². The highest BCUT2D eigenvalue weighted by molar-refractivity contribution is 5.94. The SMILES string of the molecule is Cc1c2c(cc3ccccc13)-c1ccccc1[C@H]1N[C@@H]21. The van der Waals surface area contributed by atoms with Gasteiger partial charge in [0.2, 0.25) is 0 Å². The topological polar surface area (TPSA) is 21.9 Å². The maximum absolute atomic E-state index is 3.65. The molecule has 1 saturated heterocycles. The Morgan fingerprint density at radius 2 is 1.65 bits per heavy atom. The number of aryl methyl sites for hydroxylation is 1. The summed E-state index contributed by atoms with van der Waals surface area (Å²) in [6, 6.07) is 21.0. The highest BCUT2D eigenvalue weighted by atomic mass is 15.2. The molecule has 2 atom stereocenters. The third-order valence-electron chi connectivity index (χ3n) is 4.84. The van der Waals surface area contributed by atoms with E-state index >= 15 is 0 Å². The van der Waals surface area contributed by atoms with Gasteiger partial charge in [0.1, 0.15) is 0 Å². The minimum atomic E-state index is 0.518. The molecule has 96 valence electrons. The van der Waals surface area contributed by atoms with Gasteiger partial charge in [0.25, 0.3) is 0 Å². The molecule has 1 aliphatic carbocycles. The number of hydrogen-bond donors (Lipinski definition) is 1. The van der Waals surface area contributed by atoms with Crippen LogP contribution in [0.4, 0.5) is 0 Å². The summed E-state index contributed by atoms with van der Waals surface area (Å²) in [7, 11) is 0. The van der Waals surface area contributed by atoms with E-state index in [1.165, 1.54) is 38.6 Å². The summed E-state index contributed by atoms with van der Waals surface area (Å²) in [4.78, 5) is 0. The van der Waals surface area contributed by atoms with Crippen LogP contribution in [0.25, 0.3) is 21.9 Å². The first-order valence-corrected chi connectivity index (χ1v) is 7.22. The molecule has 1 nitrogen and oxygen atoms in total. The number of benzene rings is 3. The van der Waals surface area contributed by atoms with Crippen LogP contribution in [0.3, 0.4) is 0 Å². The van der Waals surface area contributed by atoms with E-state index in [1.807, 2.05) is 0 Å². The van der Waals surface area contributed by atoms with Gasteiger partial charge in [-0.3, -0.25) is 5.32 Å². The molecule has 0 unspecified atom stereocenters. The molecule has 1 N–H and O–H groups in total. The molecule has 0 aromatic heterocycles. The Morgan fingerprint density at radius 3 is 2.60 bits per heavy atom. The van der Waals surface area contributed by atoms with Crippen LogP contribution in [0.1, 0.15) is 28.8 Å². The summed E-state index contributed by atoms with van der Waals surface area (Å²) in [6.07, 6.45) is 0. The maximum atomic E-state index is 3.65. The summed E-state index contributed by atoms with van der Waals surface area (Å²) in [5.74, 6) is 0. The molecule has 1 aliphatic heterocycles. The second-order valence-corrected chi connectivity index (χ2v) is 5.89. The van der Waals surface area contributed by atoms with Crippen LogP contribution >= 0.6 is 0 Å². The van der Waals surface area contributed by atoms with Crippen LogP contribution in [-0.4, -0.2) is 0 Å². The molecular weight excluding hydrogens is 242 g/mol. The summed E-state index contributed by atoms with van der Waals surface area (Å²) in [5, 5.41) is 6.38. The predicted octanol–water partition coefficient (Wildman–Crippen LogP) is 4.51. The van der Waals surface area contributed by atoms with Gasteiger partial charge in [-0.25, -0.2) is 0 Å². The molecule has 3 aromatic rings. The van der Waals surface area contributed by atoms with Crippen molar-refractivity contribution in [3.05, 3.63) is 71.3 Å². The molecule has 0 saturated carbocycles. The van der Waals surface area contributed by atoms with Crippen molar-refractivity contribution in [1.82, 2.24) is 5.32 Å². The lowest BCUT2D eigenvalue weighted by molar-refractivity contribution is 0.996. The quantitative estimate of drug-likeness (QED) is 0.588. The second-order valence-electron chi connectivity index (χ2n) is 5.89. The smallest absolute Gasteiger partial charge is 0.0533 e. The van der Waals surface area contributed by atoms with Gasteiger partial charge in [0.05, 0.1) is 12.1 Å². The fourth-order valence-corrected chi connectivity index (χ4v) is 3.84. The van der Waals surface area contributed by atoms with E-state index in [2.05, 4.69) is 66.8 Å². The molecule has 0 spiro atoms. The molecule has 0 radical (unpaired) electrons. The maximum Gasteiger partial charge on any atom is 0.0533 e. The van der Waals surface area contributed by atoms with Crippen LogP contribution in [-0.2, 0) is 0 Å². The van der Waals surface area contributed by atoms with Crippen LogP contribution in [0, 0.1) is 6.92 Å². The predicted molar refractivity (Wildman–Crippen MR) is 82.7 cm³/mol. The Labute approximate surface area is 118 Å². The van der Waals surface area contributed by atoms with Crippen molar-refractivity contribution < 1.29 is 0 Å². The summed E-state index contributed by atoms with van der Waals surface area (Å²) < 4.78 is 0. The van der Waals surface area contributed by atoms with E-state index in [0.717, 1.165) is 0 Å². The fourth-order valence-electron chi connectivity index (χ4n) is 3.84. The minimum Gasteiger partial charge on any atom is -0.300 e. The average molecular weight is 257 g/mol. The molecule has 3 aromatic carbocycles. The zero-order valence-electron chi connectivity index (χ0n) is 11.4. The number of nitrogens with one attached hydrogen (secondary N) is 1. The van der Waals surface area contributed by atoms with Crippen molar-refractivity contribution in [2.75, 3.05) is 0 Å². The van der Waals surface area contributed by atoms with Crippen LogP contribution < -0.4 is 5.32 Å². The third kappa shape index (κ3) is 1.21. The van der Waals surface area contributed by atoms with E-state index in [-0.39, 0.29) is 0 Å². The Balaban J connectivity index is 1.94. The summed E-state index contributed by atoms with van der Waals surface area (Å²) in [5.41, 5.74) is 7.23. The zero-order valence-corrected chi connectivity index (χ0v) is 11.4. The average Bonchev–Trinajstić information content (AvgIpc) is 3.28. The van der Waals surface area contributed by atoms with E-state index in [9.17, 15) is 0 Å². The lowest BCUT2D eigenvalue weighted by atomic mass is 9.81. The van der Waals surface area contributed by atoms with Crippen molar-refractivity contribution >= 4 is 10.8 Å². The van der Waals surface area contributed by atoms with Gasteiger partial charge in [-0.2, -0.15) is 0 Å². The van der Waals surface area contributed by atoms with Crippen LogP contribution in [0.2, 0.25) is 0 Å². The third-order valence-corrected chi connectivity index (χ3v) is 4.84. The Morgan fingerprint density at radius 1 is 0.850 bits per heavy atom. The second kappa shape index (κ2) is 3.50. The monoisotopic (exact) mass is 257 g/mol. The van der Waals surface area contributed by atoms with Crippen LogP contribution in [0.15, 0.2) is 54.6 Å². The van der Waals surface area contributed by atoms with Gasteiger partial charge < -0.3 is 0 Å². The van der Waals surface area contributed by atoms with Gasteiger partial charge in [0.15, 0.2) is 0 Å². The van der Waals surface area contributed by atoms with Crippen LogP contribution in [0.5, 0.6) is 0 Å². The first-order valence-electron chi connectivity index (χ1n) is 7.22. The van der Waals surface area contributed by atoms with Crippen molar-refractivity contribution in [3.8, 4) is 11.1 Å². The molecule has 1 fully saturated rings. The van der Waals surface area contributed by atoms with Gasteiger partial charge in [-0.1, -0.05) is 48.5 Å². The van der Waals surface area contributed by atoms with E-state index in [0.29, 0.717) is 12.1 Å². The fraction of sp³-hybridized carbons (Fsp3) is 0.158. The Hall–Kier alpha value is -2.12. The van der Waals surface area contributed by atoms with E-state index in [1.54, 1.807) is 0 Å². The Bertz CT molecular complexity index is 863. The molecule has 20 heavy (non-hydrogen) atoms. The summed E-state index contributed by atoms with van der Waals surface area (Å²) in [6.45, 7) is 2.27. The summed E-state index contributed by atoms with van der Waals surface area (Å²) >= 11 is 0. The van der Waals surface area contributed by atoms with Gasteiger partial charge in [-0.05, 0) is 51.6 Å². The lowest BCUT2D eigenvalue weighted by Crippen LogP contribution is -2.02. The molecule has 0 bridgehead atoms. The molecule has 5 rings (SSSR count). The number of rotatable bonds is 0. The molecule has 1 heteroatoms. The molecule has 1 heterocycles. The molecule has 0 amide bonds. The number of hydrogen-bond acceptors (Lipinski definition) is 1. The highest BCUT2D eigenvalue weighted by Gasteiger charge is 2.45. The largest absolute Gasteiger partial charge is 0.300 e. The normalized spacial score (nSPS) is 22.1. The number of fused-ring (bicyclic) bond motifs is 7. The van der Waals surface area contributed by atoms with Gasteiger partial charge in [-0.15, -0.1) is 0 Å². The zero-order chi connectivity index (χ0) is 13.3. The van der Waals surface area contributed by atoms with Gasteiger partial charge in [0, 0.05) is 0 Å². The van der Waals surface area contributed by atoms with E-state index in [4.69, 9.17) is 0 Å². The van der Waals surface area contributed by atoms with Crippen molar-refractivity contribution in [3.63, 3.8) is 0 Å². The van der Waals surface area contributed by atoms with Crippen molar-refractivity contribution in [2.24, 2.45) is 0 Å².